The second-order valence-electron chi connectivity index (χ2n) is 5.98. The van der Waals surface area contributed by atoms with Crippen LogP contribution in [0.25, 0.3) is 0 Å². The van der Waals surface area contributed by atoms with Gasteiger partial charge in [-0.15, -0.1) is 0 Å². The van der Waals surface area contributed by atoms with Gasteiger partial charge in [0, 0.05) is 30.9 Å². The fourth-order valence-corrected chi connectivity index (χ4v) is 3.77. The van der Waals surface area contributed by atoms with Gasteiger partial charge < -0.3 is 9.80 Å². The summed E-state index contributed by atoms with van der Waals surface area (Å²) < 4.78 is 0. The SMILES string of the molecule is CCN(CC)C1=CC(=S)N(c2ccccc2)C(c2ccccc2)C1. The summed E-state index contributed by atoms with van der Waals surface area (Å²) in [6.45, 7) is 6.43. The molecule has 0 saturated heterocycles. The highest BCUT2D eigenvalue weighted by molar-refractivity contribution is 7.81. The van der Waals surface area contributed by atoms with Crippen LogP contribution < -0.4 is 4.90 Å². The minimum atomic E-state index is 0.238. The van der Waals surface area contributed by atoms with Gasteiger partial charge in [0.2, 0.25) is 0 Å². The molecule has 0 amide bonds. The second kappa shape index (κ2) is 7.63. The largest absolute Gasteiger partial charge is 0.375 e. The Morgan fingerprint density at radius 1 is 0.958 bits per heavy atom. The van der Waals surface area contributed by atoms with E-state index in [4.69, 9.17) is 12.2 Å². The molecule has 1 aliphatic rings. The second-order valence-corrected chi connectivity index (χ2v) is 6.40. The zero-order chi connectivity index (χ0) is 16.9. The maximum absolute atomic E-state index is 5.80. The smallest absolute Gasteiger partial charge is 0.108 e. The van der Waals surface area contributed by atoms with Crippen LogP contribution in [0.15, 0.2) is 72.4 Å². The van der Waals surface area contributed by atoms with Crippen LogP contribution in [0, 0.1) is 0 Å². The standard InChI is InChI=1S/C21H24N2S/c1-3-22(4-2)19-15-20(17-11-7-5-8-12-17)23(21(24)16-19)18-13-9-6-10-14-18/h5-14,16,20H,3-4,15H2,1-2H3. The van der Waals surface area contributed by atoms with Gasteiger partial charge in [-0.25, -0.2) is 0 Å². The molecule has 0 N–H and O–H groups in total. The number of benzene rings is 2. The van der Waals surface area contributed by atoms with E-state index in [1.54, 1.807) is 0 Å². The molecule has 3 heteroatoms. The first-order valence-corrected chi connectivity index (χ1v) is 9.04. The maximum Gasteiger partial charge on any atom is 0.108 e. The van der Waals surface area contributed by atoms with Crippen molar-refractivity contribution in [3.05, 3.63) is 78.0 Å². The monoisotopic (exact) mass is 336 g/mol. The number of para-hydroxylation sites is 1. The number of hydrogen-bond donors (Lipinski definition) is 0. The van der Waals surface area contributed by atoms with E-state index in [0.717, 1.165) is 30.2 Å². The third kappa shape index (κ3) is 3.36. The molecular formula is C21H24N2S. The lowest BCUT2D eigenvalue weighted by atomic mass is 9.95. The highest BCUT2D eigenvalue weighted by atomic mass is 32.1. The van der Waals surface area contributed by atoms with Crippen molar-refractivity contribution in [2.75, 3.05) is 18.0 Å². The van der Waals surface area contributed by atoms with Crippen LogP contribution in [0.4, 0.5) is 5.69 Å². The molecule has 1 atom stereocenters. The van der Waals surface area contributed by atoms with Crippen LogP contribution in [0.1, 0.15) is 31.9 Å². The van der Waals surface area contributed by atoms with Gasteiger partial charge in [-0.3, -0.25) is 0 Å². The van der Waals surface area contributed by atoms with E-state index in [1.165, 1.54) is 11.3 Å². The lowest BCUT2D eigenvalue weighted by Gasteiger charge is -2.40. The number of nitrogens with zero attached hydrogens (tertiary/aromatic N) is 2. The van der Waals surface area contributed by atoms with Crippen molar-refractivity contribution in [2.45, 2.75) is 26.3 Å². The molecule has 0 spiro atoms. The number of anilines is 1. The molecule has 1 aliphatic heterocycles. The highest BCUT2D eigenvalue weighted by Crippen LogP contribution is 2.37. The minimum absolute atomic E-state index is 0.238. The Balaban J connectivity index is 2.04. The Kier molecular flexibility index (Phi) is 5.31. The normalized spacial score (nSPS) is 17.6. The molecule has 1 unspecified atom stereocenters. The molecule has 0 bridgehead atoms. The average Bonchev–Trinajstić information content (AvgIpc) is 2.64. The summed E-state index contributed by atoms with van der Waals surface area (Å²) in [7, 11) is 0. The molecular weight excluding hydrogens is 312 g/mol. The van der Waals surface area contributed by atoms with Gasteiger partial charge >= 0.3 is 0 Å². The summed E-state index contributed by atoms with van der Waals surface area (Å²) in [5.41, 5.74) is 3.80. The van der Waals surface area contributed by atoms with Crippen LogP contribution in [0.3, 0.4) is 0 Å². The molecule has 0 aromatic heterocycles. The van der Waals surface area contributed by atoms with Crippen LogP contribution in [0.2, 0.25) is 0 Å². The summed E-state index contributed by atoms with van der Waals surface area (Å²) in [5, 5.41) is 0. The molecule has 0 radical (unpaired) electrons. The summed E-state index contributed by atoms with van der Waals surface area (Å²) in [6.07, 6.45) is 3.15. The first kappa shape index (κ1) is 16.7. The van der Waals surface area contributed by atoms with E-state index in [-0.39, 0.29) is 6.04 Å². The number of hydrogen-bond acceptors (Lipinski definition) is 2. The van der Waals surface area contributed by atoms with Gasteiger partial charge in [-0.05, 0) is 37.6 Å². The summed E-state index contributed by atoms with van der Waals surface area (Å²) >= 11 is 5.80. The van der Waals surface area contributed by atoms with E-state index in [0.29, 0.717) is 0 Å². The first-order chi connectivity index (χ1) is 11.7. The molecule has 124 valence electrons. The van der Waals surface area contributed by atoms with Gasteiger partial charge in [0.25, 0.3) is 0 Å². The zero-order valence-corrected chi connectivity index (χ0v) is 15.2. The molecule has 2 nitrogen and oxygen atoms in total. The maximum atomic E-state index is 5.80. The Morgan fingerprint density at radius 3 is 2.12 bits per heavy atom. The lowest BCUT2D eigenvalue weighted by Crippen LogP contribution is -2.39. The molecule has 24 heavy (non-hydrogen) atoms. The predicted molar refractivity (Wildman–Crippen MR) is 106 cm³/mol. The summed E-state index contributed by atoms with van der Waals surface area (Å²) in [6, 6.07) is 21.4. The summed E-state index contributed by atoms with van der Waals surface area (Å²) in [5.74, 6) is 0. The van der Waals surface area contributed by atoms with Gasteiger partial charge in [0.1, 0.15) is 4.99 Å². The van der Waals surface area contributed by atoms with E-state index < -0.39 is 0 Å². The van der Waals surface area contributed by atoms with Gasteiger partial charge in [-0.2, -0.15) is 0 Å². The topological polar surface area (TPSA) is 6.48 Å². The average molecular weight is 337 g/mol. The fourth-order valence-electron chi connectivity index (χ4n) is 3.40. The van der Waals surface area contributed by atoms with E-state index >= 15 is 0 Å². The van der Waals surface area contributed by atoms with Crippen molar-refractivity contribution >= 4 is 22.9 Å². The van der Waals surface area contributed by atoms with Gasteiger partial charge in [-0.1, -0.05) is 60.7 Å². The van der Waals surface area contributed by atoms with Crippen LogP contribution in [0.5, 0.6) is 0 Å². The van der Waals surface area contributed by atoms with Crippen molar-refractivity contribution in [3.63, 3.8) is 0 Å². The quantitative estimate of drug-likeness (QED) is 0.694. The molecule has 0 fully saturated rings. The van der Waals surface area contributed by atoms with Crippen LogP contribution >= 0.6 is 12.2 Å². The summed E-state index contributed by atoms with van der Waals surface area (Å²) in [4.78, 5) is 5.59. The van der Waals surface area contributed by atoms with E-state index in [9.17, 15) is 0 Å². The van der Waals surface area contributed by atoms with Crippen LogP contribution in [-0.2, 0) is 0 Å². The minimum Gasteiger partial charge on any atom is -0.375 e. The first-order valence-electron chi connectivity index (χ1n) is 8.63. The van der Waals surface area contributed by atoms with Gasteiger partial charge in [0.15, 0.2) is 0 Å². The zero-order valence-electron chi connectivity index (χ0n) is 14.4. The van der Waals surface area contributed by atoms with E-state index in [2.05, 4.69) is 84.3 Å². The Hall–Kier alpha value is -2.13. The highest BCUT2D eigenvalue weighted by Gasteiger charge is 2.30. The lowest BCUT2D eigenvalue weighted by molar-refractivity contribution is 0.357. The fraction of sp³-hybridized carbons (Fsp3) is 0.286. The molecule has 0 aliphatic carbocycles. The number of thiocarbonyl (C=S) groups is 1. The van der Waals surface area contributed by atoms with Crippen molar-refractivity contribution in [2.24, 2.45) is 0 Å². The molecule has 0 saturated carbocycles. The third-order valence-corrected chi connectivity index (χ3v) is 4.94. The molecule has 3 rings (SSSR count). The van der Waals surface area contributed by atoms with E-state index in [1.807, 2.05) is 6.07 Å². The molecule has 1 heterocycles. The predicted octanol–water partition coefficient (Wildman–Crippen LogP) is 5.19. The Bertz CT molecular complexity index is 705. The van der Waals surface area contributed by atoms with Crippen molar-refractivity contribution in [1.82, 2.24) is 4.90 Å². The van der Waals surface area contributed by atoms with Crippen molar-refractivity contribution in [3.8, 4) is 0 Å². The van der Waals surface area contributed by atoms with Crippen molar-refractivity contribution < 1.29 is 0 Å². The van der Waals surface area contributed by atoms with Gasteiger partial charge in [0.05, 0.1) is 6.04 Å². The number of rotatable bonds is 5. The van der Waals surface area contributed by atoms with Crippen LogP contribution in [-0.4, -0.2) is 23.0 Å². The Morgan fingerprint density at radius 2 is 1.54 bits per heavy atom. The van der Waals surface area contributed by atoms with Crippen molar-refractivity contribution in [1.29, 1.82) is 0 Å². The third-order valence-electron chi connectivity index (χ3n) is 4.63. The molecule has 2 aromatic carbocycles. The Labute approximate surface area is 150 Å². The molecule has 2 aromatic rings.